The van der Waals surface area contributed by atoms with Gasteiger partial charge < -0.3 is 9.52 Å². The first-order valence-corrected chi connectivity index (χ1v) is 6.96. The van der Waals surface area contributed by atoms with E-state index in [2.05, 4.69) is 0 Å². The van der Waals surface area contributed by atoms with Crippen molar-refractivity contribution >= 4 is 16.8 Å². The molecule has 0 radical (unpaired) electrons. The van der Waals surface area contributed by atoms with Crippen LogP contribution in [-0.2, 0) is 4.79 Å². The summed E-state index contributed by atoms with van der Waals surface area (Å²) in [5.41, 5.74) is -1.35. The van der Waals surface area contributed by atoms with E-state index in [0.717, 1.165) is 0 Å². The molecule has 0 spiro atoms. The average molecular weight is 313 g/mol. The molecule has 0 aliphatic carbocycles. The van der Waals surface area contributed by atoms with E-state index in [4.69, 9.17) is 11.3 Å². The van der Waals surface area contributed by atoms with Crippen LogP contribution in [0.5, 0.6) is 5.75 Å². The quantitative estimate of drug-likeness (QED) is 0.747. The fourth-order valence-electron chi connectivity index (χ4n) is 2.52. The molecular weight excluding hydrogens is 292 g/mol. The van der Waals surface area contributed by atoms with Crippen LogP contribution in [-0.4, -0.2) is 10.9 Å². The van der Waals surface area contributed by atoms with Crippen molar-refractivity contribution in [2.45, 2.75) is 19.3 Å². The van der Waals surface area contributed by atoms with Crippen molar-refractivity contribution in [3.63, 3.8) is 0 Å². The molecule has 3 aromatic rings. The van der Waals surface area contributed by atoms with Gasteiger partial charge in [-0.3, -0.25) is 4.79 Å². The first-order chi connectivity index (χ1) is 13.1. The highest BCUT2D eigenvalue weighted by Crippen LogP contribution is 2.35. The van der Waals surface area contributed by atoms with E-state index in [1.54, 1.807) is 12.1 Å². The van der Waals surface area contributed by atoms with E-state index in [1.165, 1.54) is 19.1 Å². The van der Waals surface area contributed by atoms with E-state index < -0.39 is 47.5 Å². The molecule has 4 nitrogen and oxygen atoms in total. The van der Waals surface area contributed by atoms with Crippen LogP contribution < -0.4 is 5.63 Å². The lowest BCUT2D eigenvalue weighted by Gasteiger charge is -2.17. The lowest BCUT2D eigenvalue weighted by Crippen LogP contribution is -2.16. The summed E-state index contributed by atoms with van der Waals surface area (Å²) in [6.07, 6.45) is -0.343. The molecule has 0 saturated heterocycles. The van der Waals surface area contributed by atoms with E-state index >= 15 is 0 Å². The Kier molecular flexibility index (Phi) is 2.65. The first kappa shape index (κ1) is 10.0. The molecule has 0 unspecified atom stereocenters. The Bertz CT molecular complexity index is 1140. The molecule has 1 atom stereocenters. The molecule has 2 aromatic carbocycles. The zero-order chi connectivity index (χ0) is 20.7. The minimum Gasteiger partial charge on any atom is -0.507 e. The number of carbonyl (C=O) groups excluding carboxylic acids is 1. The first-order valence-electron chi connectivity index (χ1n) is 9.46. The number of hydrogen-bond acceptors (Lipinski definition) is 4. The number of para-hydroxylation sites is 1. The third-order valence-corrected chi connectivity index (χ3v) is 3.53. The van der Waals surface area contributed by atoms with Crippen LogP contribution in [0.3, 0.4) is 0 Å². The smallest absolute Gasteiger partial charge is 0.343 e. The molecule has 4 heteroatoms. The zero-order valence-electron chi connectivity index (χ0n) is 17.3. The number of ketones is 1. The normalized spacial score (nSPS) is 15.3. The Morgan fingerprint density at radius 1 is 1.26 bits per heavy atom. The molecule has 1 N–H and O–H groups in total. The van der Waals surface area contributed by atoms with Gasteiger partial charge in [0.25, 0.3) is 0 Å². The van der Waals surface area contributed by atoms with E-state index in [9.17, 15) is 14.7 Å². The number of hydrogen-bond donors (Lipinski definition) is 1. The molecule has 1 aromatic heterocycles. The summed E-state index contributed by atoms with van der Waals surface area (Å²) >= 11 is 0. The van der Waals surface area contributed by atoms with Gasteiger partial charge in [0.05, 0.1) is 17.8 Å². The minimum atomic E-state index is -1.26. The maximum absolute atomic E-state index is 12.6. The third-order valence-electron chi connectivity index (χ3n) is 3.53. The second-order valence-corrected chi connectivity index (χ2v) is 5.15. The van der Waals surface area contributed by atoms with E-state index in [1.807, 2.05) is 0 Å². The monoisotopic (exact) mass is 313 g/mol. The number of fused-ring (bicyclic) bond motifs is 1. The number of carbonyl (C=O) groups is 1. The largest absolute Gasteiger partial charge is 0.507 e. The van der Waals surface area contributed by atoms with E-state index in [-0.39, 0.29) is 34.3 Å². The molecular formula is C19H16O4. The van der Waals surface area contributed by atoms with Crippen LogP contribution in [0.15, 0.2) is 63.7 Å². The second-order valence-electron chi connectivity index (χ2n) is 5.15. The topological polar surface area (TPSA) is 67.5 Å². The molecule has 23 heavy (non-hydrogen) atoms. The second kappa shape index (κ2) is 6.08. The number of benzene rings is 2. The molecule has 116 valence electrons. The van der Waals surface area contributed by atoms with Crippen molar-refractivity contribution in [2.75, 3.05) is 0 Å². The van der Waals surface area contributed by atoms with Gasteiger partial charge in [-0.05, 0) is 24.6 Å². The summed E-state index contributed by atoms with van der Waals surface area (Å²) in [7, 11) is 0. The van der Waals surface area contributed by atoms with Gasteiger partial charge in [0.2, 0.25) is 0 Å². The average Bonchev–Trinajstić information content (AvgIpc) is 2.64. The lowest BCUT2D eigenvalue weighted by molar-refractivity contribution is -0.117. The Hall–Kier alpha value is -2.88. The van der Waals surface area contributed by atoms with Crippen LogP contribution in [0.4, 0.5) is 0 Å². The van der Waals surface area contributed by atoms with Crippen molar-refractivity contribution in [3.05, 3.63) is 76.0 Å². The van der Waals surface area contributed by atoms with Crippen LogP contribution in [0.25, 0.3) is 11.0 Å². The standard InChI is InChI=1S/C19H16O4/c1-12(20)11-15(13-7-3-2-4-8-13)17-18(21)14-9-5-6-10-16(14)23-19(17)22/h2-10,15,21H,11H2,1H3/t15-/m0/s1/i2D,3D,4D,7D,8D. The fraction of sp³-hybridized carbons (Fsp3) is 0.158. The van der Waals surface area contributed by atoms with Gasteiger partial charge in [0.15, 0.2) is 0 Å². The van der Waals surface area contributed by atoms with Gasteiger partial charge in [-0.1, -0.05) is 42.3 Å². The minimum absolute atomic E-state index is 0.136. The maximum Gasteiger partial charge on any atom is 0.343 e. The summed E-state index contributed by atoms with van der Waals surface area (Å²) in [6, 6.07) is 3.41. The van der Waals surface area contributed by atoms with Crippen LogP contribution in [0.2, 0.25) is 0 Å². The third kappa shape index (κ3) is 2.88. The summed E-state index contributed by atoms with van der Waals surface area (Å²) < 4.78 is 45.0. The molecule has 0 saturated carbocycles. The van der Waals surface area contributed by atoms with Gasteiger partial charge in [-0.15, -0.1) is 0 Å². The summed E-state index contributed by atoms with van der Waals surface area (Å²) in [4.78, 5) is 24.5. The highest BCUT2D eigenvalue weighted by Gasteiger charge is 2.25. The van der Waals surface area contributed by atoms with Gasteiger partial charge >= 0.3 is 5.63 Å². The van der Waals surface area contributed by atoms with Gasteiger partial charge in [-0.25, -0.2) is 4.79 Å². The van der Waals surface area contributed by atoms with E-state index in [0.29, 0.717) is 0 Å². The Labute approximate surface area is 140 Å². The molecule has 0 fully saturated rings. The van der Waals surface area contributed by atoms with Crippen LogP contribution in [0.1, 0.15) is 37.2 Å². The lowest BCUT2D eigenvalue weighted by atomic mass is 9.87. The Morgan fingerprint density at radius 3 is 2.65 bits per heavy atom. The SMILES string of the molecule is [2H]c1c([2H])c([2H])c([C@H](CC(C)=O)c2c(O)c3ccccc3oc2=O)c([2H])c1[2H]. The van der Waals surface area contributed by atoms with Crippen LogP contribution in [0, 0.1) is 0 Å². The number of aromatic hydroxyl groups is 1. The van der Waals surface area contributed by atoms with Gasteiger partial charge in [0.1, 0.15) is 17.1 Å². The number of rotatable bonds is 4. The molecule has 3 rings (SSSR count). The maximum atomic E-state index is 12.6. The molecule has 0 amide bonds. The number of Topliss-reactive ketones (excluding diaryl/α,β-unsaturated/α-hetero) is 1. The summed E-state index contributed by atoms with van der Waals surface area (Å²) in [5.74, 6) is -2.08. The van der Waals surface area contributed by atoms with Crippen molar-refractivity contribution < 1.29 is 21.2 Å². The zero-order valence-corrected chi connectivity index (χ0v) is 12.3. The van der Waals surface area contributed by atoms with Crippen molar-refractivity contribution in [3.8, 4) is 5.75 Å². The summed E-state index contributed by atoms with van der Waals surface area (Å²) in [6.45, 7) is 1.25. The van der Waals surface area contributed by atoms with Crippen molar-refractivity contribution in [1.82, 2.24) is 0 Å². The Morgan fingerprint density at radius 2 is 1.96 bits per heavy atom. The highest BCUT2D eigenvalue weighted by molar-refractivity contribution is 5.85. The fourth-order valence-corrected chi connectivity index (χ4v) is 2.52. The highest BCUT2D eigenvalue weighted by atomic mass is 16.4. The van der Waals surface area contributed by atoms with Gasteiger partial charge in [0, 0.05) is 12.3 Å². The summed E-state index contributed by atoms with van der Waals surface area (Å²) in [5, 5.41) is 10.9. The predicted molar refractivity (Wildman–Crippen MR) is 87.7 cm³/mol. The Balaban J connectivity index is 2.41. The molecule has 1 heterocycles. The van der Waals surface area contributed by atoms with Crippen molar-refractivity contribution in [1.29, 1.82) is 0 Å². The molecule has 0 aliphatic heterocycles. The van der Waals surface area contributed by atoms with Crippen LogP contribution >= 0.6 is 0 Å². The van der Waals surface area contributed by atoms with Gasteiger partial charge in [-0.2, -0.15) is 0 Å². The predicted octanol–water partition coefficient (Wildman–Crippen LogP) is 3.61. The van der Waals surface area contributed by atoms with Crippen molar-refractivity contribution in [2.24, 2.45) is 0 Å². The molecule has 0 aliphatic rings. The molecule has 0 bridgehead atoms.